The molecule has 1 amide bonds. The predicted octanol–water partition coefficient (Wildman–Crippen LogP) is 1.16. The van der Waals surface area contributed by atoms with Crippen molar-refractivity contribution in [3.8, 4) is 6.07 Å². The van der Waals surface area contributed by atoms with E-state index in [9.17, 15) is 15.2 Å². The number of rotatable bonds is 2. The van der Waals surface area contributed by atoms with E-state index in [-0.39, 0.29) is 23.4 Å². The number of carbonyl (C=O) groups excluding carboxylic acids is 1. The lowest BCUT2D eigenvalue weighted by Gasteiger charge is -2.61. The van der Waals surface area contributed by atoms with E-state index in [1.54, 1.807) is 4.90 Å². The van der Waals surface area contributed by atoms with Crippen molar-refractivity contribution in [3.63, 3.8) is 0 Å². The molecule has 6 fully saturated rings. The van der Waals surface area contributed by atoms with Crippen molar-refractivity contribution in [1.29, 1.82) is 5.26 Å². The third kappa shape index (κ3) is 1.88. The molecule has 1 heterocycles. The molecule has 5 saturated carbocycles. The summed E-state index contributed by atoms with van der Waals surface area (Å²) in [6, 6.07) is 1.72. The molecule has 6 rings (SSSR count). The van der Waals surface area contributed by atoms with Gasteiger partial charge < -0.3 is 15.7 Å². The number of hydrogen-bond acceptors (Lipinski definition) is 4. The summed E-state index contributed by atoms with van der Waals surface area (Å²) in [6.07, 6.45) is 7.48. The fraction of sp³-hybridized carbons (Fsp3) is 0.889. The minimum absolute atomic E-state index is 0.0212. The topological polar surface area (TPSA) is 90.4 Å². The Morgan fingerprint density at radius 3 is 2.52 bits per heavy atom. The van der Waals surface area contributed by atoms with Gasteiger partial charge in [-0.2, -0.15) is 5.26 Å². The Kier molecular flexibility index (Phi) is 2.65. The van der Waals surface area contributed by atoms with Crippen LogP contribution in [0.1, 0.15) is 51.4 Å². The van der Waals surface area contributed by atoms with E-state index in [2.05, 4.69) is 6.07 Å². The molecule has 1 saturated heterocycles. The van der Waals surface area contributed by atoms with E-state index in [0.717, 1.165) is 38.5 Å². The second-order valence-corrected chi connectivity index (χ2v) is 9.21. The summed E-state index contributed by atoms with van der Waals surface area (Å²) in [4.78, 5) is 14.9. The molecular weight excluding hydrogens is 293 g/mol. The van der Waals surface area contributed by atoms with Gasteiger partial charge in [0.2, 0.25) is 5.91 Å². The number of nitrogens with two attached hydrogens (primary N) is 1. The molecule has 0 aromatic heterocycles. The summed E-state index contributed by atoms with van der Waals surface area (Å²) in [5.74, 6) is 1.56. The van der Waals surface area contributed by atoms with Gasteiger partial charge in [-0.1, -0.05) is 0 Å². The highest BCUT2D eigenvalue weighted by atomic mass is 16.3. The second-order valence-electron chi connectivity index (χ2n) is 9.21. The van der Waals surface area contributed by atoms with Crippen molar-refractivity contribution in [3.05, 3.63) is 0 Å². The summed E-state index contributed by atoms with van der Waals surface area (Å²) in [6.45, 7) is 0. The van der Waals surface area contributed by atoms with E-state index in [4.69, 9.17) is 5.73 Å². The Labute approximate surface area is 136 Å². The first-order valence-corrected chi connectivity index (χ1v) is 9.13. The molecule has 5 nitrogen and oxygen atoms in total. The molecule has 4 bridgehead atoms. The molecule has 0 aromatic carbocycles. The van der Waals surface area contributed by atoms with Crippen LogP contribution in [0.4, 0.5) is 0 Å². The molecule has 23 heavy (non-hydrogen) atoms. The van der Waals surface area contributed by atoms with Gasteiger partial charge in [0.05, 0.1) is 17.7 Å². The maximum Gasteiger partial charge on any atom is 0.241 e. The first-order chi connectivity index (χ1) is 10.9. The number of hydrogen-bond donors (Lipinski definition) is 2. The summed E-state index contributed by atoms with van der Waals surface area (Å²) < 4.78 is 0. The smallest absolute Gasteiger partial charge is 0.241 e. The lowest BCUT2D eigenvalue weighted by atomic mass is 9.49. The number of piperidine rings is 1. The van der Waals surface area contributed by atoms with Crippen LogP contribution >= 0.6 is 0 Å². The van der Waals surface area contributed by atoms with Crippen LogP contribution in [0.3, 0.4) is 0 Å². The Morgan fingerprint density at radius 1 is 1.22 bits per heavy atom. The van der Waals surface area contributed by atoms with Crippen molar-refractivity contribution >= 4 is 5.91 Å². The van der Waals surface area contributed by atoms with E-state index >= 15 is 0 Å². The zero-order valence-corrected chi connectivity index (χ0v) is 13.4. The highest BCUT2D eigenvalue weighted by Crippen LogP contribution is 2.63. The Morgan fingerprint density at radius 2 is 1.91 bits per heavy atom. The highest BCUT2D eigenvalue weighted by molar-refractivity contribution is 5.84. The van der Waals surface area contributed by atoms with Crippen LogP contribution in [0, 0.1) is 34.5 Å². The Bertz CT molecular complexity index is 598. The predicted molar refractivity (Wildman–Crippen MR) is 82.8 cm³/mol. The number of amides is 1. The largest absolute Gasteiger partial charge is 0.390 e. The molecule has 3 N–H and O–H groups in total. The van der Waals surface area contributed by atoms with E-state index in [0.29, 0.717) is 24.2 Å². The van der Waals surface area contributed by atoms with Gasteiger partial charge >= 0.3 is 0 Å². The van der Waals surface area contributed by atoms with Crippen LogP contribution in [0.5, 0.6) is 0 Å². The van der Waals surface area contributed by atoms with Gasteiger partial charge in [0.15, 0.2) is 0 Å². The molecule has 0 spiro atoms. The normalized spacial score (nSPS) is 53.8. The van der Waals surface area contributed by atoms with Crippen LogP contribution in [-0.4, -0.2) is 39.6 Å². The average Bonchev–Trinajstić information content (AvgIpc) is 3.14. The Hall–Kier alpha value is -1.12. The van der Waals surface area contributed by atoms with Crippen molar-refractivity contribution in [2.45, 2.75) is 75.1 Å². The van der Waals surface area contributed by atoms with Gasteiger partial charge in [0.25, 0.3) is 0 Å². The minimum atomic E-state index is -0.594. The molecule has 5 heteroatoms. The highest BCUT2D eigenvalue weighted by Gasteiger charge is 2.62. The van der Waals surface area contributed by atoms with Crippen LogP contribution in [0.25, 0.3) is 0 Å². The lowest BCUT2D eigenvalue weighted by molar-refractivity contribution is -0.177. The molecular formula is C18H25N3O2. The number of carbonyl (C=O) groups is 1. The molecule has 2 unspecified atom stereocenters. The average molecular weight is 318 g/mol. The van der Waals surface area contributed by atoms with Gasteiger partial charge in [-0.15, -0.1) is 0 Å². The van der Waals surface area contributed by atoms with E-state index < -0.39 is 11.6 Å². The second kappa shape index (κ2) is 4.29. The first kappa shape index (κ1) is 14.2. The number of nitriles is 1. The molecule has 124 valence electrons. The van der Waals surface area contributed by atoms with Crippen LogP contribution in [0.15, 0.2) is 0 Å². The number of aliphatic hydroxyl groups is 1. The Balaban J connectivity index is 1.43. The van der Waals surface area contributed by atoms with Gasteiger partial charge in [0, 0.05) is 6.04 Å². The molecule has 0 aromatic rings. The first-order valence-electron chi connectivity index (χ1n) is 9.13. The van der Waals surface area contributed by atoms with Crippen molar-refractivity contribution in [2.24, 2.45) is 28.9 Å². The standard InChI is InChI=1S/C18H25N3O2/c19-8-13-2-12-3-14(12)21(13)16(22)15(20)17-4-10-1-11(5-17)7-18(23,6-10)9-17/h10-15,23H,1-7,9,20H2/t10-,11+,12-,13-,14+,15-,17?,18?/m1/s1/i3+1,15+1,16+1. The van der Waals surface area contributed by atoms with Crippen molar-refractivity contribution in [2.75, 3.05) is 0 Å². The van der Waals surface area contributed by atoms with E-state index in [1.807, 2.05) is 0 Å². The quantitative estimate of drug-likeness (QED) is 0.748. The third-order valence-corrected chi connectivity index (χ3v) is 7.51. The van der Waals surface area contributed by atoms with Gasteiger partial charge in [-0.25, -0.2) is 0 Å². The summed E-state index contributed by atoms with van der Waals surface area (Å²) in [5, 5.41) is 20.2. The van der Waals surface area contributed by atoms with Crippen molar-refractivity contribution in [1.82, 2.24) is 4.90 Å². The maximum absolute atomic E-state index is 13.1. The monoisotopic (exact) mass is 318 g/mol. The molecule has 0 radical (unpaired) electrons. The fourth-order valence-electron chi connectivity index (χ4n) is 6.96. The van der Waals surface area contributed by atoms with E-state index in [1.165, 1.54) is 6.42 Å². The minimum Gasteiger partial charge on any atom is -0.390 e. The number of fused-ring (bicyclic) bond motifs is 1. The van der Waals surface area contributed by atoms with Crippen LogP contribution in [-0.2, 0) is 4.79 Å². The molecule has 8 atom stereocenters. The lowest BCUT2D eigenvalue weighted by Crippen LogP contribution is -2.64. The van der Waals surface area contributed by atoms with Gasteiger partial charge in [-0.3, -0.25) is 4.79 Å². The zero-order valence-electron chi connectivity index (χ0n) is 13.4. The van der Waals surface area contributed by atoms with Gasteiger partial charge in [-0.05, 0) is 74.5 Å². The van der Waals surface area contributed by atoms with Crippen molar-refractivity contribution < 1.29 is 9.90 Å². The van der Waals surface area contributed by atoms with Crippen LogP contribution in [0.2, 0.25) is 0 Å². The molecule has 1 aliphatic heterocycles. The number of nitrogens with zero attached hydrogens (tertiary/aromatic N) is 2. The third-order valence-electron chi connectivity index (χ3n) is 7.51. The summed E-state index contributed by atoms with van der Waals surface area (Å²) >= 11 is 0. The fourth-order valence-corrected chi connectivity index (χ4v) is 6.96. The summed E-state index contributed by atoms with van der Waals surface area (Å²) in [5.41, 5.74) is 5.71. The molecule has 5 aliphatic carbocycles. The van der Waals surface area contributed by atoms with Crippen LogP contribution < -0.4 is 5.73 Å². The summed E-state index contributed by atoms with van der Waals surface area (Å²) in [7, 11) is 0. The molecule has 6 aliphatic rings. The number of likely N-dealkylation sites (tertiary alicyclic amines) is 1. The van der Waals surface area contributed by atoms with Gasteiger partial charge in [0.1, 0.15) is 6.04 Å². The zero-order chi connectivity index (χ0) is 16.0. The maximum atomic E-state index is 13.1. The SMILES string of the molecule is N#C[C@H]1C[C@@H]2[13CH2][C@@H]2N1[13C](=O)[13C@@H](N)C12C[C@@H]3C[C@@H](CC(O)(C3)C1)C2.